The Labute approximate surface area is 274 Å². The monoisotopic (exact) mass is 639 g/mol. The van der Waals surface area contributed by atoms with Gasteiger partial charge < -0.3 is 30.1 Å². The molecule has 0 heterocycles. The van der Waals surface area contributed by atoms with E-state index in [1.54, 1.807) is 74.4 Å². The molecule has 0 aliphatic heterocycles. The van der Waals surface area contributed by atoms with E-state index >= 15 is 0 Å². The first-order valence-corrected chi connectivity index (χ1v) is 15.9. The molecule has 0 radical (unpaired) electrons. The third-order valence-corrected chi connectivity index (χ3v) is 7.32. The summed E-state index contributed by atoms with van der Waals surface area (Å²) in [5.41, 5.74) is 0.154. The molecule has 2 rings (SSSR count). The fraction of sp³-hybridized carbons (Fsp3) is 0.556. The molecule has 0 bridgehead atoms. The van der Waals surface area contributed by atoms with Crippen LogP contribution in [0.15, 0.2) is 48.5 Å². The molecule has 4 atom stereocenters. The number of phenolic OH excluding ortho intramolecular Hbond substituents is 1. The Hall–Kier alpha value is -4.08. The van der Waals surface area contributed by atoms with Gasteiger partial charge in [-0.2, -0.15) is 0 Å². The summed E-state index contributed by atoms with van der Waals surface area (Å²) in [6.07, 6.45) is -0.0246. The number of amides is 3. The van der Waals surface area contributed by atoms with Crippen molar-refractivity contribution in [2.75, 3.05) is 0 Å². The number of aromatic hydroxyl groups is 1. The SMILES string of the molecule is CCC(C)C(NC(=O)OC(C)(C)C)C(=O)N(C(C)C)C(C(=O)NC(Cc1ccccc1)C(=O)OC(C)(C)C)c1ccc(O)c(C)c1. The number of nitrogens with one attached hydrogen (secondary N) is 2. The van der Waals surface area contributed by atoms with Gasteiger partial charge in [-0.15, -0.1) is 0 Å². The normalized spacial score (nSPS) is 14.4. The van der Waals surface area contributed by atoms with Gasteiger partial charge in [-0.05, 0) is 97.1 Å². The number of phenols is 1. The molecule has 254 valence electrons. The molecule has 0 saturated carbocycles. The number of carbonyl (C=O) groups is 4. The van der Waals surface area contributed by atoms with Gasteiger partial charge in [0.05, 0.1) is 0 Å². The summed E-state index contributed by atoms with van der Waals surface area (Å²) in [5, 5.41) is 15.9. The van der Waals surface area contributed by atoms with Crippen molar-refractivity contribution in [2.45, 2.75) is 124 Å². The molecule has 3 N–H and O–H groups in total. The number of aryl methyl sites for hydroxylation is 1. The van der Waals surface area contributed by atoms with Gasteiger partial charge in [0.2, 0.25) is 11.8 Å². The largest absolute Gasteiger partial charge is 0.508 e. The van der Waals surface area contributed by atoms with E-state index in [1.165, 1.54) is 11.0 Å². The number of hydrogen-bond donors (Lipinski definition) is 3. The second-order valence-electron chi connectivity index (χ2n) is 14.1. The highest BCUT2D eigenvalue weighted by molar-refractivity contribution is 5.94. The van der Waals surface area contributed by atoms with Crippen molar-refractivity contribution in [2.24, 2.45) is 5.92 Å². The predicted octanol–water partition coefficient (Wildman–Crippen LogP) is 5.99. The zero-order valence-electron chi connectivity index (χ0n) is 29.3. The van der Waals surface area contributed by atoms with E-state index in [0.717, 1.165) is 5.56 Å². The minimum Gasteiger partial charge on any atom is -0.508 e. The van der Waals surface area contributed by atoms with E-state index in [1.807, 2.05) is 44.2 Å². The molecule has 0 aliphatic carbocycles. The topological polar surface area (TPSA) is 134 Å². The lowest BCUT2D eigenvalue weighted by Gasteiger charge is -2.39. The highest BCUT2D eigenvalue weighted by Crippen LogP contribution is 2.30. The maximum atomic E-state index is 14.5. The Balaban J connectivity index is 2.65. The molecule has 4 unspecified atom stereocenters. The Morgan fingerprint density at radius 3 is 1.96 bits per heavy atom. The van der Waals surface area contributed by atoms with Crippen molar-refractivity contribution in [3.8, 4) is 5.75 Å². The van der Waals surface area contributed by atoms with Gasteiger partial charge in [0.25, 0.3) is 0 Å². The van der Waals surface area contributed by atoms with Crippen LogP contribution in [0.3, 0.4) is 0 Å². The zero-order valence-corrected chi connectivity index (χ0v) is 29.3. The molecule has 10 heteroatoms. The van der Waals surface area contributed by atoms with Crippen LogP contribution in [0.25, 0.3) is 0 Å². The zero-order chi connectivity index (χ0) is 35.0. The maximum absolute atomic E-state index is 14.5. The first-order valence-electron chi connectivity index (χ1n) is 15.9. The third-order valence-electron chi connectivity index (χ3n) is 7.32. The van der Waals surface area contributed by atoms with Crippen LogP contribution in [0.1, 0.15) is 98.4 Å². The minimum absolute atomic E-state index is 0.0325. The van der Waals surface area contributed by atoms with Gasteiger partial charge in [0.15, 0.2) is 0 Å². The van der Waals surface area contributed by atoms with E-state index < -0.39 is 59.2 Å². The van der Waals surface area contributed by atoms with Gasteiger partial charge in [-0.3, -0.25) is 9.59 Å². The van der Waals surface area contributed by atoms with Crippen molar-refractivity contribution in [1.29, 1.82) is 0 Å². The Bertz CT molecular complexity index is 1350. The fourth-order valence-corrected chi connectivity index (χ4v) is 4.91. The first-order chi connectivity index (χ1) is 21.2. The van der Waals surface area contributed by atoms with Gasteiger partial charge in [0, 0.05) is 12.5 Å². The minimum atomic E-state index is -1.22. The molecule has 46 heavy (non-hydrogen) atoms. The second kappa shape index (κ2) is 16.0. The van der Waals surface area contributed by atoms with Crippen molar-refractivity contribution in [3.63, 3.8) is 0 Å². The summed E-state index contributed by atoms with van der Waals surface area (Å²) in [4.78, 5) is 56.7. The van der Waals surface area contributed by atoms with Crippen LogP contribution in [0.4, 0.5) is 4.79 Å². The molecule has 2 aromatic rings. The summed E-state index contributed by atoms with van der Waals surface area (Å²) in [6.45, 7) is 19.5. The number of hydrogen-bond acceptors (Lipinski definition) is 7. The van der Waals surface area contributed by atoms with Crippen LogP contribution in [0.5, 0.6) is 5.75 Å². The average Bonchev–Trinajstić information content (AvgIpc) is 2.93. The van der Waals surface area contributed by atoms with Crippen LogP contribution in [-0.2, 0) is 30.3 Å². The molecule has 2 aromatic carbocycles. The predicted molar refractivity (Wildman–Crippen MR) is 178 cm³/mol. The van der Waals surface area contributed by atoms with E-state index in [-0.39, 0.29) is 18.1 Å². The van der Waals surface area contributed by atoms with E-state index in [0.29, 0.717) is 17.5 Å². The van der Waals surface area contributed by atoms with Crippen LogP contribution < -0.4 is 10.6 Å². The van der Waals surface area contributed by atoms with Crippen LogP contribution in [0, 0.1) is 12.8 Å². The highest BCUT2D eigenvalue weighted by atomic mass is 16.6. The highest BCUT2D eigenvalue weighted by Gasteiger charge is 2.41. The Morgan fingerprint density at radius 2 is 1.46 bits per heavy atom. The van der Waals surface area contributed by atoms with Gasteiger partial charge in [0.1, 0.15) is 35.1 Å². The lowest BCUT2D eigenvalue weighted by atomic mass is 9.94. The smallest absolute Gasteiger partial charge is 0.408 e. The van der Waals surface area contributed by atoms with E-state index in [9.17, 15) is 24.3 Å². The number of alkyl carbamates (subject to hydrolysis) is 1. The van der Waals surface area contributed by atoms with Crippen molar-refractivity contribution in [3.05, 3.63) is 65.2 Å². The number of ether oxygens (including phenoxy) is 2. The maximum Gasteiger partial charge on any atom is 0.408 e. The number of benzene rings is 2. The third kappa shape index (κ3) is 11.4. The van der Waals surface area contributed by atoms with E-state index in [2.05, 4.69) is 10.6 Å². The average molecular weight is 640 g/mol. The van der Waals surface area contributed by atoms with E-state index in [4.69, 9.17) is 9.47 Å². The second-order valence-corrected chi connectivity index (χ2v) is 14.1. The molecule has 0 saturated heterocycles. The molecule has 10 nitrogen and oxygen atoms in total. The van der Waals surface area contributed by atoms with Crippen LogP contribution in [0.2, 0.25) is 0 Å². The first kappa shape index (κ1) is 38.1. The lowest BCUT2D eigenvalue weighted by molar-refractivity contribution is -0.159. The van der Waals surface area contributed by atoms with Gasteiger partial charge >= 0.3 is 12.1 Å². The van der Waals surface area contributed by atoms with Crippen molar-refractivity contribution in [1.82, 2.24) is 15.5 Å². The molecule has 3 amide bonds. The van der Waals surface area contributed by atoms with Crippen LogP contribution in [-0.4, -0.2) is 63.2 Å². The summed E-state index contributed by atoms with van der Waals surface area (Å²) in [7, 11) is 0. The number of nitrogens with zero attached hydrogens (tertiary/aromatic N) is 1. The molecule has 0 spiro atoms. The molecular weight excluding hydrogens is 586 g/mol. The summed E-state index contributed by atoms with van der Waals surface area (Å²) in [6, 6.07) is 10.1. The fourth-order valence-electron chi connectivity index (χ4n) is 4.91. The van der Waals surface area contributed by atoms with Gasteiger partial charge in [-0.1, -0.05) is 56.7 Å². The Morgan fingerprint density at radius 1 is 0.870 bits per heavy atom. The molecule has 0 aliphatic rings. The standard InChI is InChI=1S/C36H53N3O7/c1-12-23(4)29(38-34(44)46-36(9,10)11)32(42)39(22(2)3)30(26-18-19-28(40)24(5)20-26)31(41)37-27(33(43)45-35(6,7)8)21-25-16-14-13-15-17-25/h13-20,22-23,27,29-30,40H,12,21H2,1-11H3,(H,37,41)(H,38,44). The molecular formula is C36H53N3O7. The Kier molecular flexibility index (Phi) is 13.2. The quantitative estimate of drug-likeness (QED) is 0.243. The molecule has 0 aromatic heterocycles. The van der Waals surface area contributed by atoms with Crippen molar-refractivity contribution >= 4 is 23.9 Å². The number of esters is 1. The lowest BCUT2D eigenvalue weighted by Crippen LogP contribution is -2.58. The number of rotatable bonds is 12. The number of carbonyl (C=O) groups excluding carboxylic acids is 4. The van der Waals surface area contributed by atoms with Gasteiger partial charge in [-0.25, -0.2) is 9.59 Å². The van der Waals surface area contributed by atoms with Crippen LogP contribution >= 0.6 is 0 Å². The summed E-state index contributed by atoms with van der Waals surface area (Å²) in [5.74, 6) is -1.99. The van der Waals surface area contributed by atoms with Crippen molar-refractivity contribution < 1.29 is 33.8 Å². The summed E-state index contributed by atoms with van der Waals surface area (Å²) < 4.78 is 11.2. The summed E-state index contributed by atoms with van der Waals surface area (Å²) >= 11 is 0. The molecule has 0 fully saturated rings.